The molecule has 4 nitrogen and oxygen atoms in total. The van der Waals surface area contributed by atoms with E-state index >= 15 is 0 Å². The second kappa shape index (κ2) is 4.21. The van der Waals surface area contributed by atoms with Gasteiger partial charge in [-0.1, -0.05) is 11.6 Å². The van der Waals surface area contributed by atoms with Crippen LogP contribution in [0.25, 0.3) is 11.3 Å². The molecule has 1 heterocycles. The lowest BCUT2D eigenvalue weighted by Gasteiger charge is -2.06. The first kappa shape index (κ1) is 11.4. The van der Waals surface area contributed by atoms with Gasteiger partial charge in [0.1, 0.15) is 17.3 Å². The number of rotatable bonds is 3. The number of nitrogens with two attached hydrogens (primary N) is 1. The topological polar surface area (TPSA) is 53.1 Å². The van der Waals surface area contributed by atoms with Crippen molar-refractivity contribution in [3.8, 4) is 17.0 Å². The van der Waals surface area contributed by atoms with Crippen LogP contribution in [0.3, 0.4) is 0 Å². The third kappa shape index (κ3) is 1.82. The molecule has 0 amide bonds. The number of methoxy groups -OCH3 is 1. The minimum Gasteiger partial charge on any atom is -0.495 e. The van der Waals surface area contributed by atoms with Gasteiger partial charge in [-0.3, -0.25) is 0 Å². The van der Waals surface area contributed by atoms with E-state index in [1.807, 2.05) is 22.8 Å². The standard InChI is InChI=1S/C13H14ClN3O/c1-18-11-5-2-8(6-10(11)14)12-13(15)17(7-16-12)9-3-4-9/h2,5-7,9H,3-4,15H2,1H3. The van der Waals surface area contributed by atoms with Crippen LogP contribution in [0.1, 0.15) is 18.9 Å². The van der Waals surface area contributed by atoms with Gasteiger partial charge in [-0.25, -0.2) is 4.98 Å². The molecule has 3 rings (SSSR count). The monoisotopic (exact) mass is 263 g/mol. The summed E-state index contributed by atoms with van der Waals surface area (Å²) in [5.74, 6) is 1.36. The first-order valence-electron chi connectivity index (χ1n) is 5.87. The van der Waals surface area contributed by atoms with Crippen molar-refractivity contribution in [3.63, 3.8) is 0 Å². The summed E-state index contributed by atoms with van der Waals surface area (Å²) in [5, 5.41) is 0.565. The number of nitrogen functional groups attached to an aromatic ring is 1. The highest BCUT2D eigenvalue weighted by Gasteiger charge is 2.26. The Balaban J connectivity index is 2.01. The highest BCUT2D eigenvalue weighted by atomic mass is 35.5. The number of hydrogen-bond acceptors (Lipinski definition) is 3. The normalized spacial score (nSPS) is 14.8. The summed E-state index contributed by atoms with van der Waals surface area (Å²) in [4.78, 5) is 4.38. The average molecular weight is 264 g/mol. The van der Waals surface area contributed by atoms with E-state index in [1.165, 1.54) is 12.8 Å². The summed E-state index contributed by atoms with van der Waals surface area (Å²) in [6.45, 7) is 0. The Labute approximate surface area is 110 Å². The number of halogens is 1. The molecule has 0 aliphatic heterocycles. The van der Waals surface area contributed by atoms with Gasteiger partial charge in [-0.05, 0) is 31.0 Å². The summed E-state index contributed by atoms with van der Waals surface area (Å²) >= 11 is 6.11. The zero-order valence-corrected chi connectivity index (χ0v) is 10.8. The molecule has 1 aromatic heterocycles. The van der Waals surface area contributed by atoms with Crippen molar-refractivity contribution >= 4 is 17.4 Å². The van der Waals surface area contributed by atoms with Crippen LogP contribution in [0.4, 0.5) is 5.82 Å². The van der Waals surface area contributed by atoms with E-state index in [9.17, 15) is 0 Å². The Kier molecular flexibility index (Phi) is 2.67. The molecule has 0 atom stereocenters. The van der Waals surface area contributed by atoms with Crippen LogP contribution in [0.5, 0.6) is 5.75 Å². The predicted molar refractivity (Wildman–Crippen MR) is 71.9 cm³/mol. The van der Waals surface area contributed by atoms with Crippen LogP contribution in [-0.2, 0) is 0 Å². The maximum atomic E-state index is 6.12. The van der Waals surface area contributed by atoms with Crippen LogP contribution in [0.2, 0.25) is 5.02 Å². The number of hydrogen-bond donors (Lipinski definition) is 1. The maximum Gasteiger partial charge on any atom is 0.137 e. The average Bonchev–Trinajstić information content (AvgIpc) is 3.13. The van der Waals surface area contributed by atoms with E-state index in [2.05, 4.69) is 4.98 Å². The Morgan fingerprint density at radius 2 is 2.22 bits per heavy atom. The molecule has 0 unspecified atom stereocenters. The van der Waals surface area contributed by atoms with Gasteiger partial charge in [-0.2, -0.15) is 0 Å². The van der Waals surface area contributed by atoms with E-state index in [0.29, 0.717) is 22.6 Å². The van der Waals surface area contributed by atoms with Crippen molar-refractivity contribution in [2.24, 2.45) is 0 Å². The molecule has 0 spiro atoms. The minimum absolute atomic E-state index is 0.528. The number of benzene rings is 1. The molecule has 0 radical (unpaired) electrons. The number of ether oxygens (including phenoxy) is 1. The van der Waals surface area contributed by atoms with E-state index in [-0.39, 0.29) is 0 Å². The second-order valence-corrected chi connectivity index (χ2v) is 4.87. The molecule has 5 heteroatoms. The highest BCUT2D eigenvalue weighted by Crippen LogP contribution is 2.39. The molecular formula is C13H14ClN3O. The Morgan fingerprint density at radius 3 is 2.83 bits per heavy atom. The fourth-order valence-corrected chi connectivity index (χ4v) is 2.31. The van der Waals surface area contributed by atoms with Crippen molar-refractivity contribution in [3.05, 3.63) is 29.5 Å². The molecule has 2 N–H and O–H groups in total. The molecule has 2 aromatic rings. The van der Waals surface area contributed by atoms with Crippen LogP contribution in [0, 0.1) is 0 Å². The highest BCUT2D eigenvalue weighted by molar-refractivity contribution is 6.32. The maximum absolute atomic E-state index is 6.12. The number of nitrogens with zero attached hydrogens (tertiary/aromatic N) is 2. The SMILES string of the molecule is COc1ccc(-c2ncn(C3CC3)c2N)cc1Cl. The number of anilines is 1. The van der Waals surface area contributed by atoms with Crippen LogP contribution in [0.15, 0.2) is 24.5 Å². The van der Waals surface area contributed by atoms with E-state index in [0.717, 1.165) is 11.3 Å². The van der Waals surface area contributed by atoms with Gasteiger partial charge in [0.05, 0.1) is 18.5 Å². The molecule has 18 heavy (non-hydrogen) atoms. The first-order chi connectivity index (χ1) is 8.70. The zero-order valence-electron chi connectivity index (χ0n) is 10.1. The first-order valence-corrected chi connectivity index (χ1v) is 6.24. The lowest BCUT2D eigenvalue weighted by atomic mass is 10.1. The van der Waals surface area contributed by atoms with Crippen LogP contribution < -0.4 is 10.5 Å². The predicted octanol–water partition coefficient (Wildman–Crippen LogP) is 3.13. The van der Waals surface area contributed by atoms with Gasteiger partial charge in [0, 0.05) is 11.6 Å². The second-order valence-electron chi connectivity index (χ2n) is 4.47. The molecule has 94 valence electrons. The third-order valence-corrected chi connectivity index (χ3v) is 3.49. The molecule has 1 aromatic carbocycles. The van der Waals surface area contributed by atoms with Gasteiger partial charge in [0.2, 0.25) is 0 Å². The molecular weight excluding hydrogens is 250 g/mol. The number of aromatic nitrogens is 2. The molecule has 1 aliphatic carbocycles. The molecule has 0 bridgehead atoms. The van der Waals surface area contributed by atoms with Crippen LogP contribution in [-0.4, -0.2) is 16.7 Å². The van der Waals surface area contributed by atoms with Gasteiger partial charge in [-0.15, -0.1) is 0 Å². The van der Waals surface area contributed by atoms with E-state index in [1.54, 1.807) is 13.4 Å². The third-order valence-electron chi connectivity index (χ3n) is 3.20. The molecule has 1 saturated carbocycles. The summed E-state index contributed by atoms with van der Waals surface area (Å²) < 4.78 is 7.17. The van der Waals surface area contributed by atoms with Crippen LogP contribution >= 0.6 is 11.6 Å². The van der Waals surface area contributed by atoms with Gasteiger partial charge in [0.25, 0.3) is 0 Å². The Morgan fingerprint density at radius 1 is 1.44 bits per heavy atom. The molecule has 1 aliphatic rings. The summed E-state index contributed by atoms with van der Waals surface area (Å²) in [5.41, 5.74) is 7.82. The van der Waals surface area contributed by atoms with Crippen molar-refractivity contribution in [1.29, 1.82) is 0 Å². The zero-order chi connectivity index (χ0) is 12.7. The summed E-state index contributed by atoms with van der Waals surface area (Å²) in [6, 6.07) is 6.10. The van der Waals surface area contributed by atoms with Crippen molar-refractivity contribution in [1.82, 2.24) is 9.55 Å². The van der Waals surface area contributed by atoms with Gasteiger partial charge >= 0.3 is 0 Å². The quantitative estimate of drug-likeness (QED) is 0.926. The summed E-state index contributed by atoms with van der Waals surface area (Å²) in [7, 11) is 1.59. The fraction of sp³-hybridized carbons (Fsp3) is 0.308. The van der Waals surface area contributed by atoms with Gasteiger partial charge < -0.3 is 15.0 Å². The lowest BCUT2D eigenvalue weighted by Crippen LogP contribution is -1.99. The van der Waals surface area contributed by atoms with Crippen molar-refractivity contribution < 1.29 is 4.74 Å². The Hall–Kier alpha value is -1.68. The van der Waals surface area contributed by atoms with E-state index in [4.69, 9.17) is 22.1 Å². The molecule has 1 fully saturated rings. The summed E-state index contributed by atoms with van der Waals surface area (Å²) in [6.07, 6.45) is 4.17. The Bertz CT molecular complexity index is 590. The minimum atomic E-state index is 0.528. The van der Waals surface area contributed by atoms with E-state index < -0.39 is 0 Å². The largest absolute Gasteiger partial charge is 0.495 e. The van der Waals surface area contributed by atoms with Crippen molar-refractivity contribution in [2.45, 2.75) is 18.9 Å². The fourth-order valence-electron chi connectivity index (χ4n) is 2.05. The van der Waals surface area contributed by atoms with Crippen molar-refractivity contribution in [2.75, 3.05) is 12.8 Å². The smallest absolute Gasteiger partial charge is 0.137 e. The van der Waals surface area contributed by atoms with Gasteiger partial charge in [0.15, 0.2) is 0 Å². The lowest BCUT2D eigenvalue weighted by molar-refractivity contribution is 0.415. The molecule has 0 saturated heterocycles. The number of imidazole rings is 1.